The molecule has 1 saturated heterocycles. The monoisotopic (exact) mass is 449 g/mol. The van der Waals surface area contributed by atoms with Gasteiger partial charge in [0.2, 0.25) is 11.8 Å². The summed E-state index contributed by atoms with van der Waals surface area (Å²) < 4.78 is 37.5. The Labute approximate surface area is 180 Å². The Morgan fingerprint density at radius 3 is 2.55 bits per heavy atom. The van der Waals surface area contributed by atoms with E-state index in [1.54, 1.807) is 24.4 Å². The zero-order valence-electron chi connectivity index (χ0n) is 15.7. The number of nitrogens with zero attached hydrogens (tertiary/aromatic N) is 1. The summed E-state index contributed by atoms with van der Waals surface area (Å²) in [5, 5.41) is 5.16. The maximum atomic E-state index is 13.1. The number of aromatic nitrogens is 1. The number of alkyl halides is 2. The van der Waals surface area contributed by atoms with Crippen LogP contribution in [0.5, 0.6) is 17.4 Å². The maximum Gasteiger partial charge on any atom is 0.262 e. The lowest BCUT2D eigenvalue weighted by atomic mass is 10.2. The molecule has 2 aromatic rings. The summed E-state index contributed by atoms with van der Waals surface area (Å²) >= 11 is 0. The molecule has 160 valence electrons. The lowest BCUT2D eigenvalue weighted by molar-refractivity contribution is -0.123. The van der Waals surface area contributed by atoms with Gasteiger partial charge in [0.25, 0.3) is 5.92 Å². The van der Waals surface area contributed by atoms with E-state index in [1.807, 2.05) is 25.1 Å². The van der Waals surface area contributed by atoms with Crippen LogP contribution in [0.2, 0.25) is 0 Å². The van der Waals surface area contributed by atoms with Crippen molar-refractivity contribution in [3.63, 3.8) is 0 Å². The van der Waals surface area contributed by atoms with Crippen LogP contribution >= 0.6 is 24.8 Å². The fourth-order valence-electron chi connectivity index (χ4n) is 2.71. The van der Waals surface area contributed by atoms with Gasteiger partial charge in [-0.3, -0.25) is 10.1 Å². The van der Waals surface area contributed by atoms with Gasteiger partial charge in [-0.25, -0.2) is 13.8 Å². The number of rotatable bonds is 7. The number of nitrogens with one attached hydrogen (secondary N) is 2. The number of hydrogen-bond acceptors (Lipinski definition) is 5. The van der Waals surface area contributed by atoms with Gasteiger partial charge in [-0.05, 0) is 24.6 Å². The van der Waals surface area contributed by atoms with Gasteiger partial charge in [0.15, 0.2) is 11.5 Å². The summed E-state index contributed by atoms with van der Waals surface area (Å²) in [4.78, 5) is 16.2. The number of halogens is 4. The molecule has 6 nitrogen and oxygen atoms in total. The summed E-state index contributed by atoms with van der Waals surface area (Å²) in [5.41, 5.74) is 0.735. The first-order chi connectivity index (χ1) is 13.0. The van der Waals surface area contributed by atoms with E-state index in [4.69, 9.17) is 9.47 Å². The Bertz CT molecular complexity index is 795. The average Bonchev–Trinajstić information content (AvgIpc) is 3.03. The molecule has 1 unspecified atom stereocenters. The van der Waals surface area contributed by atoms with Crippen LogP contribution in [0.4, 0.5) is 8.78 Å². The van der Waals surface area contributed by atoms with E-state index >= 15 is 0 Å². The Balaban J connectivity index is 0.00000210. The highest BCUT2D eigenvalue weighted by molar-refractivity contribution is 5.85. The van der Waals surface area contributed by atoms with Gasteiger partial charge in [-0.1, -0.05) is 18.2 Å². The third-order valence-corrected chi connectivity index (χ3v) is 4.05. The second kappa shape index (κ2) is 11.1. The Kier molecular flexibility index (Phi) is 9.55. The van der Waals surface area contributed by atoms with Crippen molar-refractivity contribution in [2.24, 2.45) is 0 Å². The van der Waals surface area contributed by atoms with Crippen LogP contribution in [0.15, 0.2) is 42.6 Å². The predicted octanol–water partition coefficient (Wildman–Crippen LogP) is 3.73. The van der Waals surface area contributed by atoms with Crippen molar-refractivity contribution in [1.82, 2.24) is 15.6 Å². The molecule has 2 N–H and O–H groups in total. The van der Waals surface area contributed by atoms with Gasteiger partial charge in [-0.15, -0.1) is 24.8 Å². The van der Waals surface area contributed by atoms with E-state index in [0.29, 0.717) is 24.0 Å². The van der Waals surface area contributed by atoms with Gasteiger partial charge < -0.3 is 14.8 Å². The van der Waals surface area contributed by atoms with Crippen LogP contribution in [0.25, 0.3) is 0 Å². The summed E-state index contributed by atoms with van der Waals surface area (Å²) in [7, 11) is 0. The molecule has 3 rings (SSSR count). The molecule has 0 saturated carbocycles. The summed E-state index contributed by atoms with van der Waals surface area (Å²) in [6, 6.07) is 9.84. The molecule has 0 radical (unpaired) electrons. The van der Waals surface area contributed by atoms with Gasteiger partial charge in [-0.2, -0.15) is 0 Å². The van der Waals surface area contributed by atoms with Gasteiger partial charge in [0, 0.05) is 25.2 Å². The summed E-state index contributed by atoms with van der Waals surface area (Å²) in [5.74, 6) is -1.71. The Hall–Kier alpha value is -2.16. The maximum absolute atomic E-state index is 13.1. The number of carbonyl (C=O) groups is 1. The molecule has 1 atom stereocenters. The summed E-state index contributed by atoms with van der Waals surface area (Å²) in [6.45, 7) is 2.14. The van der Waals surface area contributed by atoms with Crippen molar-refractivity contribution < 1.29 is 23.0 Å². The number of carbonyl (C=O) groups excluding carboxylic acids is 1. The average molecular weight is 450 g/mol. The quantitative estimate of drug-likeness (QED) is 0.673. The predicted molar refractivity (Wildman–Crippen MR) is 110 cm³/mol. The third-order valence-electron chi connectivity index (χ3n) is 4.05. The number of hydrogen-bond donors (Lipinski definition) is 2. The first-order valence-corrected chi connectivity index (χ1v) is 8.70. The van der Waals surface area contributed by atoms with Gasteiger partial charge in [0.1, 0.15) is 0 Å². The highest BCUT2D eigenvalue weighted by atomic mass is 35.5. The molecule has 1 fully saturated rings. The van der Waals surface area contributed by atoms with Crippen molar-refractivity contribution in [1.29, 1.82) is 0 Å². The molecule has 0 bridgehead atoms. The minimum Gasteiger partial charge on any atom is -0.490 e. The number of amides is 1. The molecular formula is C19H23Cl2F2N3O3. The fraction of sp³-hybridized carbons (Fsp3) is 0.368. The zero-order chi connectivity index (χ0) is 19.3. The topological polar surface area (TPSA) is 72.5 Å². The van der Waals surface area contributed by atoms with E-state index in [1.165, 1.54) is 0 Å². The third kappa shape index (κ3) is 6.99. The number of para-hydroxylation sites is 2. The molecule has 0 aliphatic carbocycles. The second-order valence-electron chi connectivity index (χ2n) is 6.20. The van der Waals surface area contributed by atoms with Crippen LogP contribution in [0.3, 0.4) is 0 Å². The summed E-state index contributed by atoms with van der Waals surface area (Å²) in [6.07, 6.45) is 1.08. The van der Waals surface area contributed by atoms with Crippen LogP contribution in [0.1, 0.15) is 18.9 Å². The van der Waals surface area contributed by atoms with E-state index in [-0.39, 0.29) is 31.4 Å². The number of benzene rings is 1. The zero-order valence-corrected chi connectivity index (χ0v) is 17.3. The molecule has 29 heavy (non-hydrogen) atoms. The second-order valence-corrected chi connectivity index (χ2v) is 6.20. The van der Waals surface area contributed by atoms with Crippen molar-refractivity contribution in [2.75, 3.05) is 13.2 Å². The van der Waals surface area contributed by atoms with Crippen molar-refractivity contribution in [2.45, 2.75) is 31.9 Å². The van der Waals surface area contributed by atoms with Gasteiger partial charge in [0.05, 0.1) is 19.2 Å². The smallest absolute Gasteiger partial charge is 0.262 e. The molecule has 0 spiro atoms. The van der Waals surface area contributed by atoms with Crippen LogP contribution in [-0.2, 0) is 11.3 Å². The minimum atomic E-state index is -2.83. The molecule has 10 heteroatoms. The molecule has 1 aromatic carbocycles. The first-order valence-electron chi connectivity index (χ1n) is 8.70. The fourth-order valence-corrected chi connectivity index (χ4v) is 2.71. The standard InChI is InChI=1S/C19H21F2N3O3.2ClH/c1-2-26-15-5-3-4-6-16(15)27-17-8-7-13(10-22-17)11-23-18(25)14-9-19(20,21)12-24-14;;/h3-8,10,14,24H,2,9,11-12H2,1H3,(H,23,25);2*1H. The first kappa shape index (κ1) is 24.9. The van der Waals surface area contributed by atoms with E-state index in [0.717, 1.165) is 5.56 Å². The molecule has 1 aromatic heterocycles. The van der Waals surface area contributed by atoms with Crippen molar-refractivity contribution in [3.8, 4) is 17.4 Å². The van der Waals surface area contributed by atoms with Crippen molar-refractivity contribution >= 4 is 30.7 Å². The highest BCUT2D eigenvalue weighted by Gasteiger charge is 2.42. The molecule has 1 aliphatic rings. The molecule has 1 aliphatic heterocycles. The molecule has 1 amide bonds. The van der Waals surface area contributed by atoms with Crippen LogP contribution < -0.4 is 20.1 Å². The van der Waals surface area contributed by atoms with Crippen molar-refractivity contribution in [3.05, 3.63) is 48.2 Å². The Morgan fingerprint density at radius 2 is 1.97 bits per heavy atom. The van der Waals surface area contributed by atoms with E-state index in [2.05, 4.69) is 15.6 Å². The number of ether oxygens (including phenoxy) is 2. The van der Waals surface area contributed by atoms with E-state index < -0.39 is 30.8 Å². The lowest BCUT2D eigenvalue weighted by Gasteiger charge is -2.12. The lowest BCUT2D eigenvalue weighted by Crippen LogP contribution is -2.40. The molecular weight excluding hydrogens is 427 g/mol. The minimum absolute atomic E-state index is 0. The normalized spacial score (nSPS) is 16.9. The number of pyridine rings is 1. The SMILES string of the molecule is CCOc1ccccc1Oc1ccc(CNC(=O)C2CC(F)(F)CN2)cn1.Cl.Cl. The highest BCUT2D eigenvalue weighted by Crippen LogP contribution is 2.30. The van der Waals surface area contributed by atoms with Crippen LogP contribution in [-0.4, -0.2) is 36.0 Å². The van der Waals surface area contributed by atoms with Gasteiger partial charge >= 0.3 is 0 Å². The van der Waals surface area contributed by atoms with Crippen LogP contribution in [0, 0.1) is 0 Å². The Morgan fingerprint density at radius 1 is 1.24 bits per heavy atom. The molecule has 2 heterocycles. The largest absolute Gasteiger partial charge is 0.490 e. The van der Waals surface area contributed by atoms with E-state index in [9.17, 15) is 13.6 Å².